The van der Waals surface area contributed by atoms with Crippen LogP contribution in [-0.2, 0) is 23.5 Å². The van der Waals surface area contributed by atoms with Gasteiger partial charge in [0.25, 0.3) is 5.91 Å². The molecule has 0 bridgehead atoms. The lowest BCUT2D eigenvalue weighted by molar-refractivity contribution is 0.0952. The molecule has 2 atom stereocenters. The summed E-state index contributed by atoms with van der Waals surface area (Å²) in [6.07, 6.45) is 3.15. The van der Waals surface area contributed by atoms with E-state index < -0.39 is 21.4 Å². The van der Waals surface area contributed by atoms with Gasteiger partial charge >= 0.3 is 0 Å². The Morgan fingerprint density at radius 2 is 1.71 bits per heavy atom. The van der Waals surface area contributed by atoms with Crippen LogP contribution in [0.3, 0.4) is 0 Å². The van der Waals surface area contributed by atoms with Crippen LogP contribution in [-0.4, -0.2) is 42.8 Å². The van der Waals surface area contributed by atoms with Gasteiger partial charge in [0.2, 0.25) is 15.5 Å². The second kappa shape index (κ2) is 9.95. The van der Waals surface area contributed by atoms with E-state index in [0.29, 0.717) is 31.6 Å². The molecule has 35 heavy (non-hydrogen) atoms. The Kier molecular flexibility index (Phi) is 7.15. The molecule has 1 aliphatic rings. The lowest BCUT2D eigenvalue weighted by atomic mass is 9.94. The summed E-state index contributed by atoms with van der Waals surface area (Å²) in [5, 5.41) is 3.04. The van der Waals surface area contributed by atoms with Gasteiger partial charge in [-0.25, -0.2) is 8.42 Å². The summed E-state index contributed by atoms with van der Waals surface area (Å²) < 4.78 is 29.9. The smallest absolute Gasteiger partial charge is 0.256 e. The molecule has 7 nitrogen and oxygen atoms in total. The Balaban J connectivity index is 1.60. The molecule has 0 saturated carbocycles. The van der Waals surface area contributed by atoms with Gasteiger partial charge in [0.1, 0.15) is 5.56 Å². The summed E-state index contributed by atoms with van der Waals surface area (Å²) >= 11 is 0. The van der Waals surface area contributed by atoms with Gasteiger partial charge in [-0.1, -0.05) is 43.7 Å². The maximum Gasteiger partial charge on any atom is 0.256 e. The van der Waals surface area contributed by atoms with Gasteiger partial charge in [-0.2, -0.15) is 4.31 Å². The van der Waals surface area contributed by atoms with Crippen molar-refractivity contribution in [3.8, 4) is 0 Å². The Hall–Kier alpha value is -2.97. The largest absolute Gasteiger partial charge is 0.352 e. The van der Waals surface area contributed by atoms with Crippen LogP contribution in [0.25, 0.3) is 10.9 Å². The van der Waals surface area contributed by atoms with Crippen molar-refractivity contribution in [1.29, 1.82) is 0 Å². The second-order valence-corrected chi connectivity index (χ2v) is 11.9. The highest BCUT2D eigenvalue weighted by atomic mass is 32.2. The highest BCUT2D eigenvalue weighted by Gasteiger charge is 2.32. The number of hydrogen-bond acceptors (Lipinski definition) is 4. The number of pyridine rings is 1. The average molecular weight is 496 g/mol. The molecular weight excluding hydrogens is 462 g/mol. The van der Waals surface area contributed by atoms with E-state index in [1.165, 1.54) is 22.1 Å². The first-order chi connectivity index (χ1) is 16.6. The Morgan fingerprint density at radius 3 is 2.37 bits per heavy atom. The third-order valence-electron chi connectivity index (χ3n) is 6.70. The molecule has 0 unspecified atom stereocenters. The van der Waals surface area contributed by atoms with Gasteiger partial charge in [0.15, 0.2) is 0 Å². The van der Waals surface area contributed by atoms with Crippen LogP contribution in [0.5, 0.6) is 0 Å². The normalized spacial score (nSPS) is 19.1. The summed E-state index contributed by atoms with van der Waals surface area (Å²) in [4.78, 5) is 26.2. The third-order valence-corrected chi connectivity index (χ3v) is 8.53. The average Bonchev–Trinajstić information content (AvgIpc) is 2.81. The number of sulfonamides is 1. The van der Waals surface area contributed by atoms with Crippen molar-refractivity contribution in [2.45, 2.75) is 38.5 Å². The fourth-order valence-corrected chi connectivity index (χ4v) is 6.62. The highest BCUT2D eigenvalue weighted by Crippen LogP contribution is 2.27. The molecule has 1 fully saturated rings. The van der Waals surface area contributed by atoms with Crippen LogP contribution in [0.1, 0.15) is 41.8 Å². The van der Waals surface area contributed by atoms with Crippen LogP contribution in [0.2, 0.25) is 0 Å². The Bertz CT molecular complexity index is 1400. The van der Waals surface area contributed by atoms with Crippen molar-refractivity contribution in [3.05, 3.63) is 75.6 Å². The molecule has 1 N–H and O–H groups in total. The first-order valence-corrected chi connectivity index (χ1v) is 13.5. The number of carbonyl (C=O) groups is 1. The predicted octanol–water partition coefficient (Wildman–Crippen LogP) is 3.49. The number of carbonyl (C=O) groups excluding carboxylic acids is 1. The number of nitrogens with zero attached hydrogens (tertiary/aromatic N) is 2. The first-order valence-electron chi connectivity index (χ1n) is 12.0. The molecule has 2 aromatic carbocycles. The molecule has 186 valence electrons. The number of rotatable bonds is 6. The van der Waals surface area contributed by atoms with Crippen molar-refractivity contribution in [1.82, 2.24) is 14.2 Å². The van der Waals surface area contributed by atoms with E-state index in [4.69, 9.17) is 0 Å². The van der Waals surface area contributed by atoms with E-state index >= 15 is 0 Å². The third kappa shape index (κ3) is 5.33. The van der Waals surface area contributed by atoms with E-state index in [9.17, 15) is 18.0 Å². The number of piperidine rings is 1. The van der Waals surface area contributed by atoms with Gasteiger partial charge in [0, 0.05) is 38.3 Å². The number of aromatic nitrogens is 1. The van der Waals surface area contributed by atoms with Crippen molar-refractivity contribution >= 4 is 26.8 Å². The van der Waals surface area contributed by atoms with E-state index in [2.05, 4.69) is 19.2 Å². The molecule has 1 aromatic heterocycles. The number of amides is 1. The minimum atomic E-state index is -3.75. The van der Waals surface area contributed by atoms with E-state index in [1.54, 1.807) is 23.7 Å². The van der Waals surface area contributed by atoms with Crippen LogP contribution >= 0.6 is 0 Å². The monoisotopic (exact) mass is 495 g/mol. The maximum atomic E-state index is 13.4. The van der Waals surface area contributed by atoms with E-state index in [1.807, 2.05) is 31.2 Å². The molecule has 8 heteroatoms. The number of hydrogen-bond donors (Lipinski definition) is 1. The van der Waals surface area contributed by atoms with Crippen LogP contribution in [0, 0.1) is 18.8 Å². The Labute approximate surface area is 206 Å². The predicted molar refractivity (Wildman–Crippen MR) is 138 cm³/mol. The van der Waals surface area contributed by atoms with Gasteiger partial charge < -0.3 is 9.88 Å². The molecule has 3 aromatic rings. The van der Waals surface area contributed by atoms with Crippen LogP contribution < -0.4 is 10.7 Å². The number of nitrogens with one attached hydrogen (secondary N) is 1. The van der Waals surface area contributed by atoms with Gasteiger partial charge in [0.05, 0.1) is 10.4 Å². The number of fused-ring (bicyclic) bond motifs is 1. The lowest BCUT2D eigenvalue weighted by Crippen LogP contribution is -2.42. The molecular formula is C27H33N3O4S. The maximum absolute atomic E-state index is 13.4. The summed E-state index contributed by atoms with van der Waals surface area (Å²) in [5.41, 5.74) is 2.37. The molecule has 0 spiro atoms. The fraction of sp³-hybridized carbons (Fsp3) is 0.407. The molecule has 1 aliphatic heterocycles. The molecule has 0 radical (unpaired) electrons. The summed E-state index contributed by atoms with van der Waals surface area (Å²) in [5.74, 6) is 0.0840. The van der Waals surface area contributed by atoms with E-state index in [0.717, 1.165) is 12.0 Å². The van der Waals surface area contributed by atoms with Crippen molar-refractivity contribution in [2.24, 2.45) is 18.9 Å². The second-order valence-electron chi connectivity index (χ2n) is 9.92. The molecule has 1 saturated heterocycles. The molecule has 1 amide bonds. The SMILES string of the molecule is Cc1ccc(CCNC(=O)c2cn(C)c3ccc(S(=O)(=O)N4C[C@H](C)C[C@@H](C)C4)cc3c2=O)cc1. The summed E-state index contributed by atoms with van der Waals surface area (Å²) in [6.45, 7) is 7.45. The summed E-state index contributed by atoms with van der Waals surface area (Å²) in [7, 11) is -2.00. The van der Waals surface area contributed by atoms with Gasteiger partial charge in [-0.3, -0.25) is 9.59 Å². The zero-order chi connectivity index (χ0) is 25.3. The van der Waals surface area contributed by atoms with E-state index in [-0.39, 0.29) is 27.7 Å². The van der Waals surface area contributed by atoms with Crippen molar-refractivity contribution < 1.29 is 13.2 Å². The van der Waals surface area contributed by atoms with Crippen molar-refractivity contribution in [3.63, 3.8) is 0 Å². The highest BCUT2D eigenvalue weighted by molar-refractivity contribution is 7.89. The standard InChI is InChI=1S/C27H33N3O4S/c1-18-5-7-21(8-6-18)11-12-28-27(32)24-17-29(4)25-10-9-22(14-23(25)26(24)31)35(33,34)30-15-19(2)13-20(3)16-30/h5-10,14,17,19-20H,11-13,15-16H2,1-4H3,(H,28,32)/t19-,20-/m1/s1. The summed E-state index contributed by atoms with van der Waals surface area (Å²) in [6, 6.07) is 12.7. The van der Waals surface area contributed by atoms with Gasteiger partial charge in [-0.15, -0.1) is 0 Å². The zero-order valence-electron chi connectivity index (χ0n) is 20.7. The fourth-order valence-electron chi connectivity index (χ4n) is 4.92. The van der Waals surface area contributed by atoms with Crippen LogP contribution in [0.15, 0.2) is 58.4 Å². The van der Waals surface area contributed by atoms with Crippen molar-refractivity contribution in [2.75, 3.05) is 19.6 Å². The topological polar surface area (TPSA) is 88.5 Å². The minimum Gasteiger partial charge on any atom is -0.352 e. The minimum absolute atomic E-state index is 0.00123. The number of benzene rings is 2. The first kappa shape index (κ1) is 25.1. The molecule has 0 aliphatic carbocycles. The number of aryl methyl sites for hydroxylation is 2. The molecule has 4 rings (SSSR count). The van der Waals surface area contributed by atoms with Gasteiger partial charge in [-0.05, 0) is 55.4 Å². The quantitative estimate of drug-likeness (QED) is 0.567. The lowest BCUT2D eigenvalue weighted by Gasteiger charge is -2.34. The zero-order valence-corrected chi connectivity index (χ0v) is 21.6. The molecule has 2 heterocycles. The Morgan fingerprint density at radius 1 is 1.06 bits per heavy atom. The van der Waals surface area contributed by atoms with Crippen LogP contribution in [0.4, 0.5) is 0 Å².